The second-order valence-corrected chi connectivity index (χ2v) is 3.39. The summed E-state index contributed by atoms with van der Waals surface area (Å²) >= 11 is 0. The van der Waals surface area contributed by atoms with E-state index in [1.54, 1.807) is 12.1 Å². The Bertz CT molecular complexity index is 542. The summed E-state index contributed by atoms with van der Waals surface area (Å²) in [7, 11) is 0. The Kier molecular flexibility index (Phi) is 1.93. The minimum absolute atomic E-state index is 0.247. The van der Waals surface area contributed by atoms with Crippen molar-refractivity contribution in [2.75, 3.05) is 6.79 Å². The van der Waals surface area contributed by atoms with Crippen LogP contribution in [-0.2, 0) is 0 Å². The van der Waals surface area contributed by atoms with Gasteiger partial charge in [-0.2, -0.15) is 0 Å². The van der Waals surface area contributed by atoms with Crippen molar-refractivity contribution in [3.63, 3.8) is 0 Å². The molecule has 1 aliphatic rings. The van der Waals surface area contributed by atoms with Gasteiger partial charge in [0.25, 0.3) is 0 Å². The van der Waals surface area contributed by atoms with E-state index in [0.29, 0.717) is 23.6 Å². The maximum atomic E-state index is 10.5. The van der Waals surface area contributed by atoms with Crippen LogP contribution in [0, 0.1) is 0 Å². The van der Waals surface area contributed by atoms with E-state index in [0.717, 1.165) is 11.3 Å². The fourth-order valence-corrected chi connectivity index (χ4v) is 1.62. The lowest BCUT2D eigenvalue weighted by atomic mass is 10.1. The number of benzene rings is 1. The van der Waals surface area contributed by atoms with Crippen LogP contribution < -0.4 is 9.47 Å². The van der Waals surface area contributed by atoms with E-state index < -0.39 is 0 Å². The molecule has 0 saturated carbocycles. The molecule has 0 fully saturated rings. The fraction of sp³-hybridized carbons (Fsp3) is 0.0833. The molecular formula is C12H8O4. The van der Waals surface area contributed by atoms with Crippen molar-refractivity contribution < 1.29 is 18.7 Å². The maximum Gasteiger partial charge on any atom is 0.231 e. The van der Waals surface area contributed by atoms with Crippen molar-refractivity contribution >= 4 is 6.29 Å². The largest absolute Gasteiger partial charge is 0.454 e. The van der Waals surface area contributed by atoms with Crippen molar-refractivity contribution in [2.45, 2.75) is 0 Å². The molecule has 0 bridgehead atoms. The molecule has 0 N–H and O–H groups in total. The van der Waals surface area contributed by atoms with Crippen molar-refractivity contribution in [1.29, 1.82) is 0 Å². The lowest BCUT2D eigenvalue weighted by Crippen LogP contribution is -1.92. The maximum absolute atomic E-state index is 10.5. The minimum Gasteiger partial charge on any atom is -0.454 e. The highest BCUT2D eigenvalue weighted by Gasteiger charge is 2.15. The van der Waals surface area contributed by atoms with Crippen LogP contribution in [0.5, 0.6) is 11.5 Å². The molecule has 2 heterocycles. The highest BCUT2D eigenvalue weighted by atomic mass is 16.7. The number of rotatable bonds is 2. The van der Waals surface area contributed by atoms with Gasteiger partial charge in [-0.25, -0.2) is 0 Å². The zero-order chi connectivity index (χ0) is 11.0. The van der Waals surface area contributed by atoms with Gasteiger partial charge >= 0.3 is 0 Å². The van der Waals surface area contributed by atoms with E-state index in [2.05, 4.69) is 0 Å². The Labute approximate surface area is 91.4 Å². The molecule has 0 saturated heterocycles. The number of hydrogen-bond acceptors (Lipinski definition) is 4. The number of ether oxygens (including phenoxy) is 2. The molecule has 0 aliphatic carbocycles. The quantitative estimate of drug-likeness (QED) is 0.723. The summed E-state index contributed by atoms with van der Waals surface area (Å²) in [4.78, 5) is 10.5. The average Bonchev–Trinajstić information content (AvgIpc) is 2.96. The van der Waals surface area contributed by atoms with Gasteiger partial charge in [-0.1, -0.05) is 0 Å². The first-order valence-corrected chi connectivity index (χ1v) is 4.82. The molecule has 0 spiro atoms. The van der Waals surface area contributed by atoms with E-state index in [-0.39, 0.29) is 6.79 Å². The molecule has 0 atom stereocenters. The predicted octanol–water partition coefficient (Wildman–Crippen LogP) is 2.49. The molecule has 0 radical (unpaired) electrons. The molecule has 2 aromatic rings. The first kappa shape index (κ1) is 9.03. The van der Waals surface area contributed by atoms with Crippen LogP contribution in [-0.4, -0.2) is 13.1 Å². The van der Waals surface area contributed by atoms with Crippen LogP contribution in [0.25, 0.3) is 11.3 Å². The van der Waals surface area contributed by atoms with E-state index in [1.165, 1.54) is 0 Å². The molecule has 16 heavy (non-hydrogen) atoms. The third-order valence-corrected chi connectivity index (χ3v) is 2.40. The summed E-state index contributed by atoms with van der Waals surface area (Å²) in [6.07, 6.45) is 0.677. The van der Waals surface area contributed by atoms with E-state index >= 15 is 0 Å². The summed E-state index contributed by atoms with van der Waals surface area (Å²) < 4.78 is 15.8. The van der Waals surface area contributed by atoms with Crippen LogP contribution in [0.1, 0.15) is 10.6 Å². The van der Waals surface area contributed by atoms with Gasteiger partial charge < -0.3 is 13.9 Å². The molecule has 4 nitrogen and oxygen atoms in total. The van der Waals surface area contributed by atoms with Crippen molar-refractivity contribution in [1.82, 2.24) is 0 Å². The predicted molar refractivity (Wildman–Crippen MR) is 55.7 cm³/mol. The van der Waals surface area contributed by atoms with Crippen molar-refractivity contribution in [3.8, 4) is 22.8 Å². The van der Waals surface area contributed by atoms with Gasteiger partial charge in [0.15, 0.2) is 23.5 Å². The second kappa shape index (κ2) is 3.41. The molecular weight excluding hydrogens is 208 g/mol. The Morgan fingerprint density at radius 2 is 1.94 bits per heavy atom. The Hall–Kier alpha value is -2.23. The monoisotopic (exact) mass is 216 g/mol. The molecule has 1 aliphatic heterocycles. The number of aldehydes is 1. The Balaban J connectivity index is 2.03. The SMILES string of the molecule is O=Cc1ccc(-c2ccc3c(c2)OCO3)o1. The molecule has 80 valence electrons. The first-order valence-electron chi connectivity index (χ1n) is 4.82. The van der Waals surface area contributed by atoms with Crippen LogP contribution in [0.4, 0.5) is 0 Å². The van der Waals surface area contributed by atoms with Crippen LogP contribution in [0.15, 0.2) is 34.7 Å². The van der Waals surface area contributed by atoms with Crippen LogP contribution in [0.3, 0.4) is 0 Å². The topological polar surface area (TPSA) is 48.7 Å². The normalized spacial score (nSPS) is 12.8. The molecule has 0 unspecified atom stereocenters. The second-order valence-electron chi connectivity index (χ2n) is 3.39. The van der Waals surface area contributed by atoms with Crippen molar-refractivity contribution in [2.24, 2.45) is 0 Å². The van der Waals surface area contributed by atoms with E-state index in [4.69, 9.17) is 13.9 Å². The number of carbonyl (C=O) groups excluding carboxylic acids is 1. The van der Waals surface area contributed by atoms with E-state index in [1.807, 2.05) is 18.2 Å². The average molecular weight is 216 g/mol. The van der Waals surface area contributed by atoms with Crippen molar-refractivity contribution in [3.05, 3.63) is 36.1 Å². The summed E-state index contributed by atoms with van der Waals surface area (Å²) in [5.41, 5.74) is 0.859. The molecule has 0 amide bonds. The zero-order valence-electron chi connectivity index (χ0n) is 8.30. The fourth-order valence-electron chi connectivity index (χ4n) is 1.62. The minimum atomic E-state index is 0.247. The van der Waals surface area contributed by atoms with Gasteiger partial charge in [-0.15, -0.1) is 0 Å². The number of hydrogen-bond donors (Lipinski definition) is 0. The van der Waals surface area contributed by atoms with Gasteiger partial charge in [0.2, 0.25) is 6.79 Å². The highest BCUT2D eigenvalue weighted by molar-refractivity contribution is 5.73. The third kappa shape index (κ3) is 1.35. The Morgan fingerprint density at radius 1 is 1.06 bits per heavy atom. The lowest BCUT2D eigenvalue weighted by molar-refractivity contribution is 0.110. The summed E-state index contributed by atoms with van der Waals surface area (Å²) in [5, 5.41) is 0. The Morgan fingerprint density at radius 3 is 2.75 bits per heavy atom. The summed E-state index contributed by atoms with van der Waals surface area (Å²) in [6.45, 7) is 0.247. The molecule has 4 heteroatoms. The standard InChI is InChI=1S/C12H8O4/c13-6-9-2-4-10(16-9)8-1-3-11-12(5-8)15-7-14-11/h1-6H,7H2. The smallest absolute Gasteiger partial charge is 0.231 e. The van der Waals surface area contributed by atoms with Crippen LogP contribution in [0.2, 0.25) is 0 Å². The van der Waals surface area contributed by atoms with Gasteiger partial charge in [-0.05, 0) is 30.3 Å². The van der Waals surface area contributed by atoms with Gasteiger partial charge in [0, 0.05) is 5.56 Å². The summed E-state index contributed by atoms with van der Waals surface area (Å²) in [6, 6.07) is 8.89. The number of carbonyl (C=O) groups is 1. The van der Waals surface area contributed by atoms with Gasteiger partial charge in [0.1, 0.15) is 5.76 Å². The van der Waals surface area contributed by atoms with Gasteiger partial charge in [0.05, 0.1) is 0 Å². The third-order valence-electron chi connectivity index (χ3n) is 2.40. The molecule has 3 rings (SSSR count). The van der Waals surface area contributed by atoms with Crippen LogP contribution >= 0.6 is 0 Å². The number of furan rings is 1. The molecule has 1 aromatic heterocycles. The highest BCUT2D eigenvalue weighted by Crippen LogP contribution is 2.36. The zero-order valence-corrected chi connectivity index (χ0v) is 8.30. The first-order chi connectivity index (χ1) is 7.86. The molecule has 1 aromatic carbocycles. The summed E-state index contributed by atoms with van der Waals surface area (Å²) in [5.74, 6) is 2.38. The van der Waals surface area contributed by atoms with Gasteiger partial charge in [-0.3, -0.25) is 4.79 Å². The van der Waals surface area contributed by atoms with E-state index in [9.17, 15) is 4.79 Å². The lowest BCUT2D eigenvalue weighted by Gasteiger charge is -1.99. The number of fused-ring (bicyclic) bond motifs is 1.